The zero-order valence-electron chi connectivity index (χ0n) is 10.6. The van der Waals surface area contributed by atoms with Crippen LogP contribution < -0.4 is 10.5 Å². The van der Waals surface area contributed by atoms with Crippen molar-refractivity contribution in [3.8, 4) is 0 Å². The van der Waals surface area contributed by atoms with Crippen LogP contribution in [0.4, 0.5) is 0 Å². The van der Waals surface area contributed by atoms with E-state index in [0.717, 1.165) is 6.42 Å². The number of hydrogen-bond donors (Lipinski definition) is 2. The van der Waals surface area contributed by atoms with Gasteiger partial charge in [0.2, 0.25) is 10.0 Å². The normalized spacial score (nSPS) is 19.0. The fourth-order valence-corrected chi connectivity index (χ4v) is 2.82. The average Bonchev–Trinajstić information content (AvgIpc) is 2.87. The summed E-state index contributed by atoms with van der Waals surface area (Å²) in [5.41, 5.74) is 0.167. The zero-order chi connectivity index (χ0) is 14.8. The molecule has 8 heteroatoms. The number of sulfonamides is 1. The lowest BCUT2D eigenvalue weighted by Gasteiger charge is -2.10. The Morgan fingerprint density at radius 3 is 2.80 bits per heavy atom. The maximum absolute atomic E-state index is 12.0. The molecular weight excluding hydrogens is 304 g/mol. The summed E-state index contributed by atoms with van der Waals surface area (Å²) in [6.45, 7) is 1.81. The third-order valence-corrected chi connectivity index (χ3v) is 4.15. The summed E-state index contributed by atoms with van der Waals surface area (Å²) < 4.78 is 27.8. The van der Waals surface area contributed by atoms with E-state index in [4.69, 9.17) is 21.5 Å². The van der Waals surface area contributed by atoms with Gasteiger partial charge in [0.25, 0.3) is 5.91 Å². The van der Waals surface area contributed by atoms with Crippen molar-refractivity contribution in [2.45, 2.75) is 11.3 Å². The van der Waals surface area contributed by atoms with Gasteiger partial charge < -0.3 is 10.1 Å². The Morgan fingerprint density at radius 1 is 1.45 bits per heavy atom. The van der Waals surface area contributed by atoms with Gasteiger partial charge in [-0.25, -0.2) is 13.6 Å². The molecule has 1 aromatic rings. The Balaban J connectivity index is 2.11. The highest BCUT2D eigenvalue weighted by Crippen LogP contribution is 2.18. The Bertz CT molecular complexity index is 612. The van der Waals surface area contributed by atoms with Crippen LogP contribution >= 0.6 is 11.6 Å². The van der Waals surface area contributed by atoms with E-state index in [2.05, 4.69) is 5.32 Å². The van der Waals surface area contributed by atoms with Crippen LogP contribution in [0.3, 0.4) is 0 Å². The lowest BCUT2D eigenvalue weighted by atomic mass is 10.1. The van der Waals surface area contributed by atoms with Gasteiger partial charge in [-0.1, -0.05) is 11.6 Å². The van der Waals surface area contributed by atoms with Gasteiger partial charge in [-0.2, -0.15) is 0 Å². The molecule has 1 heterocycles. The molecule has 0 aliphatic carbocycles. The van der Waals surface area contributed by atoms with Gasteiger partial charge in [0.1, 0.15) is 0 Å². The topological polar surface area (TPSA) is 98.5 Å². The van der Waals surface area contributed by atoms with Gasteiger partial charge >= 0.3 is 0 Å². The molecule has 1 unspecified atom stereocenters. The van der Waals surface area contributed by atoms with Crippen LogP contribution in [0, 0.1) is 5.92 Å². The van der Waals surface area contributed by atoms with Crippen molar-refractivity contribution in [3.63, 3.8) is 0 Å². The van der Waals surface area contributed by atoms with E-state index in [9.17, 15) is 13.2 Å². The molecule has 0 spiro atoms. The van der Waals surface area contributed by atoms with Crippen molar-refractivity contribution in [2.75, 3.05) is 19.8 Å². The van der Waals surface area contributed by atoms with E-state index in [0.29, 0.717) is 19.8 Å². The van der Waals surface area contributed by atoms with E-state index in [1.54, 1.807) is 0 Å². The van der Waals surface area contributed by atoms with E-state index in [1.165, 1.54) is 18.2 Å². The summed E-state index contributed by atoms with van der Waals surface area (Å²) in [5.74, 6) is -0.0971. The minimum absolute atomic E-state index is 0.144. The highest BCUT2D eigenvalue weighted by Gasteiger charge is 2.18. The molecule has 0 aromatic heterocycles. The Labute approximate surface area is 122 Å². The number of rotatable bonds is 4. The third-order valence-electron chi connectivity index (χ3n) is 3.04. The number of primary sulfonamides is 1. The molecule has 20 heavy (non-hydrogen) atoms. The van der Waals surface area contributed by atoms with Gasteiger partial charge in [0, 0.05) is 29.7 Å². The molecular formula is C12H15ClN2O4S. The molecule has 0 radical (unpaired) electrons. The van der Waals surface area contributed by atoms with Crippen LogP contribution in [0.2, 0.25) is 5.02 Å². The smallest absolute Gasteiger partial charge is 0.251 e. The SMILES string of the molecule is NS(=O)(=O)c1cc(Cl)cc(C(=O)NCC2CCOC2)c1. The molecule has 1 amide bonds. The number of nitrogens with one attached hydrogen (secondary N) is 1. The first-order valence-electron chi connectivity index (χ1n) is 6.05. The Kier molecular flexibility index (Phi) is 4.64. The second kappa shape index (κ2) is 6.09. The molecule has 1 saturated heterocycles. The fraction of sp³-hybridized carbons (Fsp3) is 0.417. The van der Waals surface area contributed by atoms with Crippen LogP contribution in [0.15, 0.2) is 23.1 Å². The second-order valence-corrected chi connectivity index (χ2v) is 6.66. The maximum Gasteiger partial charge on any atom is 0.251 e. The van der Waals surface area contributed by atoms with Gasteiger partial charge in [0.05, 0.1) is 11.5 Å². The van der Waals surface area contributed by atoms with E-state index in [-0.39, 0.29) is 27.3 Å². The lowest BCUT2D eigenvalue weighted by molar-refractivity contribution is 0.0945. The number of halogens is 1. The van der Waals surface area contributed by atoms with Crippen LogP contribution in [0.5, 0.6) is 0 Å². The second-order valence-electron chi connectivity index (χ2n) is 4.66. The first-order valence-corrected chi connectivity index (χ1v) is 7.98. The molecule has 3 N–H and O–H groups in total. The fourth-order valence-electron chi connectivity index (χ4n) is 1.94. The van der Waals surface area contributed by atoms with Crippen molar-refractivity contribution in [1.82, 2.24) is 5.32 Å². The summed E-state index contributed by atoms with van der Waals surface area (Å²) in [6, 6.07) is 3.82. The van der Waals surface area contributed by atoms with Gasteiger partial charge in [-0.3, -0.25) is 4.79 Å². The predicted molar refractivity (Wildman–Crippen MR) is 74.1 cm³/mol. The lowest BCUT2D eigenvalue weighted by Crippen LogP contribution is -2.29. The van der Waals surface area contributed by atoms with Crippen LogP contribution in [-0.2, 0) is 14.8 Å². The number of nitrogens with two attached hydrogens (primary N) is 1. The molecule has 2 rings (SSSR count). The van der Waals surface area contributed by atoms with Crippen molar-refractivity contribution in [1.29, 1.82) is 0 Å². The highest BCUT2D eigenvalue weighted by atomic mass is 35.5. The summed E-state index contributed by atoms with van der Waals surface area (Å²) in [4.78, 5) is 11.8. The van der Waals surface area contributed by atoms with Crippen molar-refractivity contribution in [3.05, 3.63) is 28.8 Å². The van der Waals surface area contributed by atoms with Gasteiger partial charge in [-0.05, 0) is 24.6 Å². The standard InChI is InChI=1S/C12H15ClN2O4S/c13-10-3-9(4-11(5-10)20(14,17)18)12(16)15-6-8-1-2-19-7-8/h3-5,8H,1-2,6-7H2,(H,15,16)(H2,14,17,18). The largest absolute Gasteiger partial charge is 0.381 e. The Hall–Kier alpha value is -1.15. The first kappa shape index (κ1) is 15.2. The summed E-state index contributed by atoms with van der Waals surface area (Å²) in [6.07, 6.45) is 0.901. The first-order chi connectivity index (χ1) is 9.36. The molecule has 1 fully saturated rings. The molecule has 1 aliphatic heterocycles. The maximum atomic E-state index is 12.0. The molecule has 110 valence electrons. The van der Waals surface area contributed by atoms with E-state index >= 15 is 0 Å². The molecule has 6 nitrogen and oxygen atoms in total. The number of ether oxygens (including phenoxy) is 1. The van der Waals surface area contributed by atoms with Gasteiger partial charge in [0.15, 0.2) is 0 Å². The van der Waals surface area contributed by atoms with Crippen LogP contribution in [-0.4, -0.2) is 34.1 Å². The van der Waals surface area contributed by atoms with Crippen LogP contribution in [0.25, 0.3) is 0 Å². The number of carbonyl (C=O) groups excluding carboxylic acids is 1. The molecule has 1 aliphatic rings. The van der Waals surface area contributed by atoms with E-state index in [1.807, 2.05) is 0 Å². The summed E-state index contributed by atoms with van der Waals surface area (Å²) >= 11 is 5.81. The summed E-state index contributed by atoms with van der Waals surface area (Å²) in [7, 11) is -3.90. The minimum atomic E-state index is -3.90. The van der Waals surface area contributed by atoms with Crippen molar-refractivity contribution >= 4 is 27.5 Å². The number of carbonyl (C=O) groups is 1. The van der Waals surface area contributed by atoms with Gasteiger partial charge in [-0.15, -0.1) is 0 Å². The predicted octanol–water partition coefficient (Wildman–Crippen LogP) is 0.754. The monoisotopic (exact) mass is 318 g/mol. The number of benzene rings is 1. The Morgan fingerprint density at radius 2 is 2.20 bits per heavy atom. The molecule has 1 atom stereocenters. The van der Waals surface area contributed by atoms with E-state index < -0.39 is 10.0 Å². The van der Waals surface area contributed by atoms with Crippen molar-refractivity contribution in [2.24, 2.45) is 11.1 Å². The number of amides is 1. The van der Waals surface area contributed by atoms with Crippen LogP contribution in [0.1, 0.15) is 16.8 Å². The molecule has 0 saturated carbocycles. The third kappa shape index (κ3) is 3.92. The summed E-state index contributed by atoms with van der Waals surface area (Å²) in [5, 5.41) is 7.91. The molecule has 0 bridgehead atoms. The van der Waals surface area contributed by atoms with Crippen molar-refractivity contribution < 1.29 is 17.9 Å². The zero-order valence-corrected chi connectivity index (χ0v) is 12.2. The quantitative estimate of drug-likeness (QED) is 0.856. The minimum Gasteiger partial charge on any atom is -0.381 e. The highest BCUT2D eigenvalue weighted by molar-refractivity contribution is 7.89. The average molecular weight is 319 g/mol. The number of hydrogen-bond acceptors (Lipinski definition) is 4. The molecule has 1 aromatic carbocycles.